The van der Waals surface area contributed by atoms with Crippen molar-refractivity contribution >= 4 is 52.2 Å². The second-order valence-electron chi connectivity index (χ2n) is 6.45. The molecule has 31 heavy (non-hydrogen) atoms. The van der Waals surface area contributed by atoms with E-state index in [9.17, 15) is 4.79 Å². The molecule has 8 nitrogen and oxygen atoms in total. The zero-order chi connectivity index (χ0) is 22.5. The highest BCUT2D eigenvalue weighted by atomic mass is 35.5. The Balaban J connectivity index is 1.61. The van der Waals surface area contributed by atoms with Crippen LogP contribution in [0.15, 0.2) is 36.7 Å². The first-order valence-electron chi connectivity index (χ1n) is 8.92. The van der Waals surface area contributed by atoms with Crippen molar-refractivity contribution in [2.45, 2.75) is 13.8 Å². The van der Waals surface area contributed by atoms with E-state index in [2.05, 4.69) is 20.8 Å². The lowest BCUT2D eigenvalue weighted by molar-refractivity contribution is -0.122. The van der Waals surface area contributed by atoms with Crippen molar-refractivity contribution in [1.82, 2.24) is 15.4 Å². The fraction of sp³-hybridized carbons (Fsp3) is 0.150. The second-order valence-corrected chi connectivity index (χ2v) is 7.67. The molecular formula is C20H18Cl3N5O3. The average molecular weight is 483 g/mol. The minimum absolute atomic E-state index is 0.106. The van der Waals surface area contributed by atoms with E-state index in [1.54, 1.807) is 24.3 Å². The van der Waals surface area contributed by atoms with E-state index in [-0.39, 0.29) is 24.0 Å². The van der Waals surface area contributed by atoms with Crippen molar-refractivity contribution in [2.75, 3.05) is 17.8 Å². The summed E-state index contributed by atoms with van der Waals surface area (Å²) in [6, 6.07) is 8.22. The summed E-state index contributed by atoms with van der Waals surface area (Å²) in [6.07, 6.45) is 1.25. The third-order valence-electron chi connectivity index (χ3n) is 4.04. The first-order chi connectivity index (χ1) is 14.7. The van der Waals surface area contributed by atoms with Crippen LogP contribution in [0.3, 0.4) is 0 Å². The average Bonchev–Trinajstić information content (AvgIpc) is 2.72. The van der Waals surface area contributed by atoms with Crippen molar-refractivity contribution in [3.05, 3.63) is 62.9 Å². The van der Waals surface area contributed by atoms with E-state index in [0.29, 0.717) is 26.6 Å². The monoisotopic (exact) mass is 481 g/mol. The number of benzene rings is 2. The molecule has 0 saturated carbocycles. The van der Waals surface area contributed by atoms with Crippen LogP contribution in [-0.2, 0) is 4.79 Å². The lowest BCUT2D eigenvalue weighted by Gasteiger charge is -2.14. The van der Waals surface area contributed by atoms with Crippen LogP contribution in [-0.4, -0.2) is 22.5 Å². The fourth-order valence-corrected chi connectivity index (χ4v) is 3.11. The smallest absolute Gasteiger partial charge is 0.276 e. The Labute approximate surface area is 193 Å². The predicted molar refractivity (Wildman–Crippen MR) is 121 cm³/mol. The van der Waals surface area contributed by atoms with Gasteiger partial charge < -0.3 is 15.2 Å². The highest BCUT2D eigenvalue weighted by Crippen LogP contribution is 2.32. The summed E-state index contributed by atoms with van der Waals surface area (Å²) in [5.41, 5.74) is 12.9. The summed E-state index contributed by atoms with van der Waals surface area (Å²) < 4.78 is 11.1. The molecule has 0 aliphatic rings. The molecule has 1 heterocycles. The van der Waals surface area contributed by atoms with E-state index in [1.807, 2.05) is 13.8 Å². The molecule has 0 spiro atoms. The number of amides is 1. The molecule has 0 saturated heterocycles. The maximum Gasteiger partial charge on any atom is 0.276 e. The van der Waals surface area contributed by atoms with E-state index < -0.39 is 5.91 Å². The number of hydrogen-bond acceptors (Lipinski definition) is 7. The SMILES string of the molecule is Cc1cc(Oc2ncnc(NNC(=O)COc3ccc(Cl)cc3Cl)c2N)cc(C)c1Cl. The van der Waals surface area contributed by atoms with Gasteiger partial charge in [-0.2, -0.15) is 4.98 Å². The van der Waals surface area contributed by atoms with Gasteiger partial charge in [-0.15, -0.1) is 0 Å². The van der Waals surface area contributed by atoms with E-state index >= 15 is 0 Å². The molecule has 0 radical (unpaired) electrons. The molecule has 1 aromatic heterocycles. The van der Waals surface area contributed by atoms with Gasteiger partial charge >= 0.3 is 0 Å². The summed E-state index contributed by atoms with van der Waals surface area (Å²) in [5, 5.41) is 1.42. The lowest BCUT2D eigenvalue weighted by atomic mass is 10.1. The van der Waals surface area contributed by atoms with Crippen LogP contribution in [0.5, 0.6) is 17.4 Å². The summed E-state index contributed by atoms with van der Waals surface area (Å²) in [6.45, 7) is 3.44. The first kappa shape index (κ1) is 22.7. The number of anilines is 2. The van der Waals surface area contributed by atoms with Crippen molar-refractivity contribution in [1.29, 1.82) is 0 Å². The number of rotatable bonds is 7. The topological polar surface area (TPSA) is 111 Å². The van der Waals surface area contributed by atoms with E-state index in [1.165, 1.54) is 12.4 Å². The number of aromatic nitrogens is 2. The van der Waals surface area contributed by atoms with Crippen molar-refractivity contribution in [3.63, 3.8) is 0 Å². The van der Waals surface area contributed by atoms with Gasteiger partial charge in [0.2, 0.25) is 5.88 Å². The molecular weight excluding hydrogens is 465 g/mol. The van der Waals surface area contributed by atoms with Crippen LogP contribution in [0.2, 0.25) is 15.1 Å². The molecule has 2 aromatic carbocycles. The van der Waals surface area contributed by atoms with Crippen molar-refractivity contribution in [2.24, 2.45) is 0 Å². The van der Waals surface area contributed by atoms with Crippen LogP contribution >= 0.6 is 34.8 Å². The molecule has 162 valence electrons. The van der Waals surface area contributed by atoms with Crippen LogP contribution < -0.4 is 26.1 Å². The fourth-order valence-electron chi connectivity index (χ4n) is 2.54. The Morgan fingerprint density at radius 2 is 1.81 bits per heavy atom. The summed E-state index contributed by atoms with van der Waals surface area (Å²) in [5.74, 6) is 0.637. The van der Waals surface area contributed by atoms with E-state index in [0.717, 1.165) is 11.1 Å². The standard InChI is InChI=1S/C20H18Cl3N5O3/c1-10-5-13(6-11(2)17(10)23)31-20-18(24)19(25-9-26-20)28-27-16(29)8-30-15-4-3-12(21)7-14(15)22/h3-7,9H,8,24H2,1-2H3,(H,27,29)(H,25,26,28). The maximum absolute atomic E-state index is 12.1. The Morgan fingerprint density at radius 1 is 1.10 bits per heavy atom. The van der Waals surface area contributed by atoms with Crippen LogP contribution in [0.4, 0.5) is 11.5 Å². The third kappa shape index (κ3) is 5.81. The number of nitrogen functional groups attached to an aromatic ring is 1. The third-order valence-corrected chi connectivity index (χ3v) is 5.17. The van der Waals surface area contributed by atoms with Gasteiger partial charge in [-0.05, 0) is 55.3 Å². The zero-order valence-corrected chi connectivity index (χ0v) is 18.8. The minimum atomic E-state index is -0.490. The number of carbonyl (C=O) groups excluding carboxylic acids is 1. The number of carbonyl (C=O) groups is 1. The highest BCUT2D eigenvalue weighted by Gasteiger charge is 2.13. The van der Waals surface area contributed by atoms with Gasteiger partial charge in [-0.25, -0.2) is 4.98 Å². The number of hydrazine groups is 1. The van der Waals surface area contributed by atoms with Crippen LogP contribution in [0, 0.1) is 13.8 Å². The Morgan fingerprint density at radius 3 is 2.48 bits per heavy atom. The van der Waals surface area contributed by atoms with Gasteiger partial charge in [-0.1, -0.05) is 34.8 Å². The second kappa shape index (κ2) is 9.91. The van der Waals surface area contributed by atoms with Gasteiger partial charge in [0.05, 0.1) is 5.02 Å². The molecule has 0 aliphatic carbocycles. The Kier molecular flexibility index (Phi) is 7.27. The Hall–Kier alpha value is -2.94. The predicted octanol–water partition coefficient (Wildman–Crippen LogP) is 4.95. The number of halogens is 3. The number of nitrogens with one attached hydrogen (secondary N) is 2. The molecule has 3 aromatic rings. The van der Waals surface area contributed by atoms with Crippen molar-refractivity contribution in [3.8, 4) is 17.4 Å². The van der Waals surface area contributed by atoms with Gasteiger partial charge in [0.25, 0.3) is 5.91 Å². The van der Waals surface area contributed by atoms with Gasteiger partial charge in [0, 0.05) is 10.0 Å². The molecule has 0 atom stereocenters. The quantitative estimate of drug-likeness (QED) is 0.408. The molecule has 0 fully saturated rings. The van der Waals surface area contributed by atoms with E-state index in [4.69, 9.17) is 50.0 Å². The summed E-state index contributed by atoms with van der Waals surface area (Å²) in [7, 11) is 0. The number of hydrogen-bond donors (Lipinski definition) is 3. The maximum atomic E-state index is 12.1. The lowest BCUT2D eigenvalue weighted by Crippen LogP contribution is -2.34. The van der Waals surface area contributed by atoms with Gasteiger partial charge in [0.15, 0.2) is 12.4 Å². The minimum Gasteiger partial charge on any atom is -0.482 e. The number of nitrogens with two attached hydrogens (primary N) is 1. The number of ether oxygens (including phenoxy) is 2. The largest absolute Gasteiger partial charge is 0.482 e. The highest BCUT2D eigenvalue weighted by molar-refractivity contribution is 6.35. The molecule has 3 rings (SSSR count). The Bertz CT molecular complexity index is 1100. The zero-order valence-electron chi connectivity index (χ0n) is 16.5. The number of nitrogens with zero attached hydrogens (tertiary/aromatic N) is 2. The van der Waals surface area contributed by atoms with Crippen LogP contribution in [0.1, 0.15) is 11.1 Å². The van der Waals surface area contributed by atoms with Crippen molar-refractivity contribution < 1.29 is 14.3 Å². The molecule has 4 N–H and O–H groups in total. The molecule has 0 bridgehead atoms. The van der Waals surface area contributed by atoms with Gasteiger partial charge in [-0.3, -0.25) is 15.6 Å². The molecule has 0 unspecified atom stereocenters. The summed E-state index contributed by atoms with van der Waals surface area (Å²) in [4.78, 5) is 20.1. The molecule has 11 heteroatoms. The molecule has 0 aliphatic heterocycles. The van der Waals surface area contributed by atoms with Crippen LogP contribution in [0.25, 0.3) is 0 Å². The first-order valence-corrected chi connectivity index (χ1v) is 10.1. The van der Waals surface area contributed by atoms with Gasteiger partial charge in [0.1, 0.15) is 23.5 Å². The number of aryl methyl sites for hydroxylation is 2. The molecule has 1 amide bonds. The normalized spacial score (nSPS) is 10.5. The summed E-state index contributed by atoms with van der Waals surface area (Å²) >= 11 is 18.0.